The van der Waals surface area contributed by atoms with Gasteiger partial charge >= 0.3 is 0 Å². The van der Waals surface area contributed by atoms with E-state index < -0.39 is 0 Å². The first-order valence-electron chi connectivity index (χ1n) is 9.72. The minimum atomic E-state index is 0.653. The fourth-order valence-corrected chi connectivity index (χ4v) is 4.66. The Morgan fingerprint density at radius 3 is 2.85 bits per heavy atom. The summed E-state index contributed by atoms with van der Waals surface area (Å²) < 4.78 is 2.19. The zero-order chi connectivity index (χ0) is 17.5. The Hall–Kier alpha value is -2.18. The van der Waals surface area contributed by atoms with Crippen LogP contribution in [0.1, 0.15) is 18.5 Å². The maximum atomic E-state index is 4.41. The summed E-state index contributed by atoms with van der Waals surface area (Å²) in [6.45, 7) is 7.64. The lowest BCUT2D eigenvalue weighted by molar-refractivity contribution is 0.0735. The Bertz CT molecular complexity index is 925. The topological polar surface area (TPSA) is 57.5 Å². The second-order valence-electron chi connectivity index (χ2n) is 7.66. The number of fused-ring (bicyclic) bond motifs is 6. The maximum absolute atomic E-state index is 4.41. The number of aromatic nitrogens is 3. The molecule has 3 fully saturated rings. The molecule has 3 aliphatic rings. The minimum absolute atomic E-state index is 0.653. The highest BCUT2D eigenvalue weighted by molar-refractivity contribution is 5.96. The molecule has 0 aromatic carbocycles. The molecular weight excluding hydrogens is 324 g/mol. The number of aryl methyl sites for hydroxylation is 1. The molecule has 0 saturated carbocycles. The summed E-state index contributed by atoms with van der Waals surface area (Å²) in [6.07, 6.45) is 4.80. The molecule has 0 radical (unpaired) electrons. The van der Waals surface area contributed by atoms with Crippen molar-refractivity contribution in [1.82, 2.24) is 24.8 Å². The molecule has 6 nitrogen and oxygen atoms in total. The third-order valence-corrected chi connectivity index (χ3v) is 6.06. The van der Waals surface area contributed by atoms with E-state index in [0.29, 0.717) is 6.04 Å². The van der Waals surface area contributed by atoms with Crippen molar-refractivity contribution in [2.45, 2.75) is 25.8 Å². The maximum Gasteiger partial charge on any atom is 0.158 e. The van der Waals surface area contributed by atoms with E-state index in [-0.39, 0.29) is 0 Å². The van der Waals surface area contributed by atoms with Crippen LogP contribution in [-0.2, 0) is 0 Å². The number of rotatable bonds is 5. The molecule has 1 atom stereocenters. The monoisotopic (exact) mass is 350 g/mol. The smallest absolute Gasteiger partial charge is 0.158 e. The summed E-state index contributed by atoms with van der Waals surface area (Å²) in [5.41, 5.74) is 3.28. The normalized spacial score (nSPS) is 25.2. The van der Waals surface area contributed by atoms with Crippen LogP contribution < -0.4 is 10.6 Å². The van der Waals surface area contributed by atoms with Crippen molar-refractivity contribution in [1.29, 1.82) is 0 Å². The number of nitrogens with zero attached hydrogens (tertiary/aromatic N) is 4. The van der Waals surface area contributed by atoms with Gasteiger partial charge in [-0.25, -0.2) is 0 Å². The van der Waals surface area contributed by atoms with Gasteiger partial charge in [-0.2, -0.15) is 5.10 Å². The Morgan fingerprint density at radius 2 is 2.04 bits per heavy atom. The number of pyridine rings is 1. The SMILES string of the molecule is Cc1nnc(NCCNC2CN3CCC2CC3)c2cc3ccccn3c12. The van der Waals surface area contributed by atoms with Gasteiger partial charge in [-0.1, -0.05) is 6.07 Å². The van der Waals surface area contributed by atoms with Crippen molar-refractivity contribution in [2.24, 2.45) is 5.92 Å². The highest BCUT2D eigenvalue weighted by atomic mass is 15.2. The molecule has 26 heavy (non-hydrogen) atoms. The standard InChI is InChI=1S/C20H26N6/c1-14-19-17(12-16-4-2-3-9-26(16)19)20(24-23-14)22-8-7-21-18-13-25-10-5-15(18)6-11-25/h2-4,9,12,15,18,21H,5-8,10-11,13H2,1H3,(H,22,24). The number of piperidine rings is 3. The van der Waals surface area contributed by atoms with E-state index in [4.69, 9.17) is 0 Å². The van der Waals surface area contributed by atoms with Crippen LogP contribution in [-0.4, -0.2) is 58.3 Å². The molecule has 0 amide bonds. The van der Waals surface area contributed by atoms with E-state index in [1.807, 2.05) is 6.92 Å². The first kappa shape index (κ1) is 16.0. The molecule has 0 spiro atoms. The summed E-state index contributed by atoms with van der Waals surface area (Å²) in [6, 6.07) is 9.09. The second kappa shape index (κ2) is 6.52. The molecule has 3 saturated heterocycles. The van der Waals surface area contributed by atoms with Crippen molar-refractivity contribution in [3.8, 4) is 0 Å². The Labute approximate surface area is 153 Å². The zero-order valence-corrected chi connectivity index (χ0v) is 15.3. The summed E-state index contributed by atoms with van der Waals surface area (Å²) in [7, 11) is 0. The third kappa shape index (κ3) is 2.73. The van der Waals surface area contributed by atoms with Gasteiger partial charge in [0.15, 0.2) is 5.82 Å². The van der Waals surface area contributed by atoms with Gasteiger partial charge in [0.1, 0.15) is 0 Å². The second-order valence-corrected chi connectivity index (χ2v) is 7.66. The van der Waals surface area contributed by atoms with Crippen LogP contribution in [0.25, 0.3) is 16.4 Å². The molecular formula is C20H26N6. The predicted molar refractivity (Wildman–Crippen MR) is 105 cm³/mol. The van der Waals surface area contributed by atoms with E-state index in [1.54, 1.807) is 0 Å². The quantitative estimate of drug-likeness (QED) is 0.692. The molecule has 3 aliphatic heterocycles. The van der Waals surface area contributed by atoms with Gasteiger partial charge in [-0.15, -0.1) is 5.10 Å². The third-order valence-electron chi connectivity index (χ3n) is 6.06. The fraction of sp³-hybridized carbons (Fsp3) is 0.500. The van der Waals surface area contributed by atoms with Crippen molar-refractivity contribution in [3.63, 3.8) is 0 Å². The van der Waals surface area contributed by atoms with Gasteiger partial charge in [0, 0.05) is 42.8 Å². The lowest BCUT2D eigenvalue weighted by atomic mass is 9.84. The highest BCUT2D eigenvalue weighted by Gasteiger charge is 2.33. The summed E-state index contributed by atoms with van der Waals surface area (Å²) in [4.78, 5) is 2.59. The van der Waals surface area contributed by atoms with Gasteiger partial charge in [-0.05, 0) is 57.0 Å². The first-order valence-corrected chi connectivity index (χ1v) is 9.72. The average molecular weight is 350 g/mol. The van der Waals surface area contributed by atoms with Gasteiger partial charge in [0.2, 0.25) is 0 Å². The van der Waals surface area contributed by atoms with Crippen LogP contribution in [0, 0.1) is 12.8 Å². The Kier molecular flexibility index (Phi) is 4.02. The van der Waals surface area contributed by atoms with Crippen molar-refractivity contribution < 1.29 is 0 Å². The Morgan fingerprint density at radius 1 is 1.15 bits per heavy atom. The molecule has 3 aromatic rings. The zero-order valence-electron chi connectivity index (χ0n) is 15.3. The van der Waals surface area contributed by atoms with Crippen molar-refractivity contribution >= 4 is 22.2 Å². The summed E-state index contributed by atoms with van der Waals surface area (Å²) >= 11 is 0. The number of anilines is 1. The fourth-order valence-electron chi connectivity index (χ4n) is 4.66. The molecule has 3 aromatic heterocycles. The molecule has 2 bridgehead atoms. The Balaban J connectivity index is 1.29. The lowest BCUT2D eigenvalue weighted by Gasteiger charge is -2.45. The van der Waals surface area contributed by atoms with Crippen molar-refractivity contribution in [3.05, 3.63) is 36.2 Å². The molecule has 0 aliphatic carbocycles. The molecule has 6 rings (SSSR count). The van der Waals surface area contributed by atoms with E-state index in [9.17, 15) is 0 Å². The summed E-state index contributed by atoms with van der Waals surface area (Å²) in [5, 5.41) is 17.2. The van der Waals surface area contributed by atoms with E-state index in [0.717, 1.165) is 41.4 Å². The van der Waals surface area contributed by atoms with Crippen molar-refractivity contribution in [2.75, 3.05) is 38.0 Å². The highest BCUT2D eigenvalue weighted by Crippen LogP contribution is 2.28. The van der Waals surface area contributed by atoms with E-state index >= 15 is 0 Å². The first-order chi connectivity index (χ1) is 12.8. The molecule has 136 valence electrons. The number of nitrogens with one attached hydrogen (secondary N) is 2. The number of hydrogen-bond donors (Lipinski definition) is 2. The largest absolute Gasteiger partial charge is 0.367 e. The van der Waals surface area contributed by atoms with Gasteiger partial charge in [-0.3, -0.25) is 0 Å². The van der Waals surface area contributed by atoms with Crippen LogP contribution in [0.4, 0.5) is 5.82 Å². The van der Waals surface area contributed by atoms with Crippen LogP contribution >= 0.6 is 0 Å². The van der Waals surface area contributed by atoms with Gasteiger partial charge in [0.25, 0.3) is 0 Å². The van der Waals surface area contributed by atoms with Crippen LogP contribution in [0.2, 0.25) is 0 Å². The van der Waals surface area contributed by atoms with Crippen LogP contribution in [0.5, 0.6) is 0 Å². The molecule has 2 N–H and O–H groups in total. The summed E-state index contributed by atoms with van der Waals surface area (Å²) in [5.74, 6) is 1.74. The molecule has 6 heterocycles. The van der Waals surface area contributed by atoms with E-state index in [1.165, 1.54) is 38.0 Å². The lowest BCUT2D eigenvalue weighted by Crippen LogP contribution is -2.56. The van der Waals surface area contributed by atoms with Gasteiger partial charge < -0.3 is 19.9 Å². The molecule has 6 heteroatoms. The average Bonchev–Trinajstić information content (AvgIpc) is 3.08. The van der Waals surface area contributed by atoms with Crippen LogP contribution in [0.15, 0.2) is 30.5 Å². The van der Waals surface area contributed by atoms with Crippen LogP contribution in [0.3, 0.4) is 0 Å². The van der Waals surface area contributed by atoms with Gasteiger partial charge in [0.05, 0.1) is 11.2 Å². The predicted octanol–water partition coefficient (Wildman–Crippen LogP) is 2.29. The minimum Gasteiger partial charge on any atom is -0.367 e. The number of hydrogen-bond acceptors (Lipinski definition) is 5. The molecule has 1 unspecified atom stereocenters. The van der Waals surface area contributed by atoms with E-state index in [2.05, 4.69) is 60.6 Å².